The lowest BCUT2D eigenvalue weighted by Crippen LogP contribution is -2.44. The lowest BCUT2D eigenvalue weighted by atomic mass is 9.98. The van der Waals surface area contributed by atoms with Crippen LogP contribution in [0.2, 0.25) is 0 Å². The molecule has 28 heavy (non-hydrogen) atoms. The molecule has 0 heterocycles. The van der Waals surface area contributed by atoms with E-state index >= 15 is 0 Å². The van der Waals surface area contributed by atoms with Crippen LogP contribution >= 0.6 is 0 Å². The van der Waals surface area contributed by atoms with Crippen molar-refractivity contribution >= 4 is 11.9 Å². The normalized spacial score (nSPS) is 12.6. The third kappa shape index (κ3) is 10.8. The Hall–Kier alpha value is -2.19. The molecule has 0 saturated heterocycles. The molecule has 158 valence electrons. The summed E-state index contributed by atoms with van der Waals surface area (Å²) in [5, 5.41) is 6.21. The number of rotatable bonds is 14. The monoisotopic (exact) mass is 396 g/mol. The molecule has 0 bridgehead atoms. The minimum atomic E-state index is -0.430. The average Bonchev–Trinajstić information content (AvgIpc) is 2.69. The molecule has 0 aliphatic rings. The molecule has 0 aliphatic heterocycles. The zero-order chi connectivity index (χ0) is 20.6. The van der Waals surface area contributed by atoms with Crippen molar-refractivity contribution in [3.8, 4) is 0 Å². The average molecular weight is 397 g/mol. The van der Waals surface area contributed by atoms with Gasteiger partial charge in [-0.25, -0.2) is 4.39 Å². The molecule has 0 aliphatic carbocycles. The molecule has 0 spiro atoms. The highest BCUT2D eigenvalue weighted by molar-refractivity contribution is 5.81. The van der Waals surface area contributed by atoms with E-state index in [0.29, 0.717) is 45.3 Å². The van der Waals surface area contributed by atoms with Crippen molar-refractivity contribution in [2.24, 2.45) is 16.6 Å². The molecule has 4 N–H and O–H groups in total. The lowest BCUT2D eigenvalue weighted by Gasteiger charge is -2.17. The summed E-state index contributed by atoms with van der Waals surface area (Å²) >= 11 is 0. The maximum Gasteiger partial charge on any atom is 0.222 e. The van der Waals surface area contributed by atoms with Gasteiger partial charge in [0.05, 0.1) is 25.7 Å². The van der Waals surface area contributed by atoms with Crippen LogP contribution in [0.3, 0.4) is 0 Å². The molecule has 1 atom stereocenters. The van der Waals surface area contributed by atoms with Gasteiger partial charge in [-0.2, -0.15) is 0 Å². The van der Waals surface area contributed by atoms with Crippen LogP contribution in [0.15, 0.2) is 29.3 Å². The summed E-state index contributed by atoms with van der Waals surface area (Å²) in [6.07, 6.45) is 2.62. The zero-order valence-corrected chi connectivity index (χ0v) is 16.9. The van der Waals surface area contributed by atoms with Gasteiger partial charge in [0.2, 0.25) is 5.91 Å². The van der Waals surface area contributed by atoms with Gasteiger partial charge in [-0.1, -0.05) is 25.5 Å². The number of halogens is 1. The number of amides is 1. The maximum absolute atomic E-state index is 13.0. The predicted molar refractivity (Wildman–Crippen MR) is 109 cm³/mol. The largest absolute Gasteiger partial charge is 0.379 e. The van der Waals surface area contributed by atoms with Crippen LogP contribution < -0.4 is 16.4 Å². The van der Waals surface area contributed by atoms with Gasteiger partial charge >= 0.3 is 0 Å². The van der Waals surface area contributed by atoms with Gasteiger partial charge in [-0.15, -0.1) is 0 Å². The number of carbonyl (C=O) groups is 1. The minimum Gasteiger partial charge on any atom is -0.379 e. The summed E-state index contributed by atoms with van der Waals surface area (Å²) in [4.78, 5) is 15.8. The molecule has 1 rings (SSSR count). The van der Waals surface area contributed by atoms with Crippen LogP contribution in [-0.4, -0.2) is 58.4 Å². The lowest BCUT2D eigenvalue weighted by molar-refractivity contribution is -0.121. The summed E-state index contributed by atoms with van der Waals surface area (Å²) in [5.74, 6) is -0.593. The summed E-state index contributed by atoms with van der Waals surface area (Å²) in [7, 11) is 1.65. The van der Waals surface area contributed by atoms with Crippen molar-refractivity contribution in [1.29, 1.82) is 0 Å². The Morgan fingerprint density at radius 1 is 1.14 bits per heavy atom. The fourth-order valence-electron chi connectivity index (χ4n) is 2.43. The fourth-order valence-corrected chi connectivity index (χ4v) is 2.43. The smallest absolute Gasteiger partial charge is 0.222 e. The van der Waals surface area contributed by atoms with Crippen LogP contribution in [0.25, 0.3) is 0 Å². The van der Waals surface area contributed by atoms with Crippen molar-refractivity contribution in [1.82, 2.24) is 10.6 Å². The number of primary amides is 1. The second-order valence-corrected chi connectivity index (χ2v) is 6.39. The number of guanidine groups is 1. The van der Waals surface area contributed by atoms with Gasteiger partial charge < -0.3 is 25.8 Å². The minimum absolute atomic E-state index is 0.308. The number of hydrogen-bond donors (Lipinski definition) is 3. The topological polar surface area (TPSA) is 98.0 Å². The van der Waals surface area contributed by atoms with Crippen molar-refractivity contribution in [2.45, 2.75) is 26.2 Å². The van der Waals surface area contributed by atoms with Gasteiger partial charge in [0.1, 0.15) is 5.82 Å². The number of unbranched alkanes of at least 4 members (excludes halogenated alkanes) is 1. The van der Waals surface area contributed by atoms with E-state index in [1.165, 1.54) is 12.1 Å². The van der Waals surface area contributed by atoms with Gasteiger partial charge in [-0.3, -0.25) is 9.79 Å². The van der Waals surface area contributed by atoms with Crippen molar-refractivity contribution in [2.75, 3.05) is 46.6 Å². The van der Waals surface area contributed by atoms with E-state index in [1.54, 1.807) is 19.2 Å². The molecule has 1 unspecified atom stereocenters. The number of nitrogens with one attached hydrogen (secondary N) is 2. The number of aliphatic imine (C=N–C) groups is 1. The first-order valence-corrected chi connectivity index (χ1v) is 9.70. The van der Waals surface area contributed by atoms with Crippen molar-refractivity contribution in [3.05, 3.63) is 35.6 Å². The van der Waals surface area contributed by atoms with Crippen LogP contribution in [0, 0.1) is 11.7 Å². The standard InChI is InChI=1S/C20H33FN4O3/c1-3-4-10-27-12-13-28-11-9-24-20(23-2)25-15-17(19(22)26)14-16-5-7-18(21)8-6-16/h5-8,17H,3-4,9-15H2,1-2H3,(H2,22,26)(H2,23,24,25). The van der Waals surface area contributed by atoms with Crippen LogP contribution in [0.4, 0.5) is 4.39 Å². The summed E-state index contributed by atoms with van der Waals surface area (Å²) < 4.78 is 23.9. The molecule has 7 nitrogen and oxygen atoms in total. The summed E-state index contributed by atoms with van der Waals surface area (Å²) in [5.41, 5.74) is 6.35. The molecule has 1 aromatic carbocycles. The summed E-state index contributed by atoms with van der Waals surface area (Å²) in [6.45, 7) is 5.48. The molecular weight excluding hydrogens is 363 g/mol. The van der Waals surface area contributed by atoms with Crippen LogP contribution in [0.1, 0.15) is 25.3 Å². The van der Waals surface area contributed by atoms with E-state index in [2.05, 4.69) is 22.5 Å². The third-order valence-corrected chi connectivity index (χ3v) is 4.09. The van der Waals surface area contributed by atoms with Crippen LogP contribution in [0.5, 0.6) is 0 Å². The van der Waals surface area contributed by atoms with Gasteiger partial charge in [-0.05, 0) is 30.5 Å². The molecule has 0 fully saturated rings. The fraction of sp³-hybridized carbons (Fsp3) is 0.600. The Morgan fingerprint density at radius 3 is 2.43 bits per heavy atom. The van der Waals surface area contributed by atoms with E-state index in [1.807, 2.05) is 0 Å². The number of ether oxygens (including phenoxy) is 2. The van der Waals surface area contributed by atoms with Crippen molar-refractivity contribution < 1.29 is 18.7 Å². The van der Waals surface area contributed by atoms with Gasteiger partial charge in [0.25, 0.3) is 0 Å². The third-order valence-electron chi connectivity index (χ3n) is 4.09. The highest BCUT2D eigenvalue weighted by atomic mass is 19.1. The molecule has 1 amide bonds. The molecule has 0 radical (unpaired) electrons. The molecule has 0 saturated carbocycles. The first-order chi connectivity index (χ1) is 13.6. The van der Waals surface area contributed by atoms with Gasteiger partial charge in [0.15, 0.2) is 5.96 Å². The van der Waals surface area contributed by atoms with E-state index in [4.69, 9.17) is 15.2 Å². The van der Waals surface area contributed by atoms with E-state index in [0.717, 1.165) is 25.0 Å². The molecule has 0 aromatic heterocycles. The first-order valence-electron chi connectivity index (χ1n) is 9.70. The zero-order valence-electron chi connectivity index (χ0n) is 16.9. The van der Waals surface area contributed by atoms with Crippen LogP contribution in [-0.2, 0) is 20.7 Å². The van der Waals surface area contributed by atoms with E-state index in [9.17, 15) is 9.18 Å². The molecule has 1 aromatic rings. The number of carbonyl (C=O) groups excluding carboxylic acids is 1. The molecule has 8 heteroatoms. The first kappa shape index (κ1) is 23.8. The Kier molecular flexibility index (Phi) is 12.6. The second kappa shape index (κ2) is 14.8. The number of hydrogen-bond acceptors (Lipinski definition) is 4. The maximum atomic E-state index is 13.0. The Morgan fingerprint density at radius 2 is 1.82 bits per heavy atom. The Labute approximate surface area is 166 Å². The number of benzene rings is 1. The molecular formula is C20H33FN4O3. The highest BCUT2D eigenvalue weighted by Crippen LogP contribution is 2.09. The van der Waals surface area contributed by atoms with Crippen molar-refractivity contribution in [3.63, 3.8) is 0 Å². The number of nitrogens with two attached hydrogens (primary N) is 1. The Bertz CT molecular complexity index is 581. The second-order valence-electron chi connectivity index (χ2n) is 6.39. The summed E-state index contributed by atoms with van der Waals surface area (Å²) in [6, 6.07) is 6.05. The quantitative estimate of drug-likeness (QED) is 0.251. The van der Waals surface area contributed by atoms with E-state index in [-0.39, 0.29) is 5.82 Å². The van der Waals surface area contributed by atoms with Gasteiger partial charge in [0, 0.05) is 26.7 Å². The highest BCUT2D eigenvalue weighted by Gasteiger charge is 2.16. The Balaban J connectivity index is 2.25. The number of nitrogens with zero attached hydrogens (tertiary/aromatic N) is 1. The predicted octanol–water partition coefficient (Wildman–Crippen LogP) is 1.47. The SMILES string of the molecule is CCCCOCCOCCNC(=NC)NCC(Cc1ccc(F)cc1)C(N)=O. The van der Waals surface area contributed by atoms with E-state index < -0.39 is 11.8 Å².